The van der Waals surface area contributed by atoms with E-state index in [9.17, 15) is 9.90 Å². The fraction of sp³-hybridized carbons (Fsp3) is 0.500. The maximum atomic E-state index is 11.6. The highest BCUT2D eigenvalue weighted by molar-refractivity contribution is 6.01. The van der Waals surface area contributed by atoms with Crippen molar-refractivity contribution < 1.29 is 9.90 Å². The van der Waals surface area contributed by atoms with E-state index in [0.29, 0.717) is 5.56 Å². The molecule has 0 bridgehead atoms. The van der Waals surface area contributed by atoms with Crippen LogP contribution in [0.25, 0.3) is 11.0 Å². The van der Waals surface area contributed by atoms with Crippen LogP contribution in [0.15, 0.2) is 18.2 Å². The van der Waals surface area contributed by atoms with Crippen molar-refractivity contribution in [3.63, 3.8) is 0 Å². The number of piperidine rings is 1. The zero-order valence-electron chi connectivity index (χ0n) is 12.4. The summed E-state index contributed by atoms with van der Waals surface area (Å²) in [4.78, 5) is 16.2. The highest BCUT2D eigenvalue weighted by Crippen LogP contribution is 2.23. The van der Waals surface area contributed by atoms with Gasteiger partial charge in [0, 0.05) is 19.5 Å². The summed E-state index contributed by atoms with van der Waals surface area (Å²) in [6.07, 6.45) is 5.42. The van der Waals surface area contributed by atoms with Crippen molar-refractivity contribution in [3.8, 4) is 0 Å². The van der Waals surface area contributed by atoms with Gasteiger partial charge in [0.1, 0.15) is 11.3 Å². The fourth-order valence-corrected chi connectivity index (χ4v) is 3.10. The van der Waals surface area contributed by atoms with E-state index >= 15 is 0 Å². The number of carbonyl (C=O) groups is 1. The first-order valence-corrected chi connectivity index (χ1v) is 7.71. The van der Waals surface area contributed by atoms with Crippen LogP contribution < -0.4 is 5.01 Å². The number of carboxylic acids is 1. The van der Waals surface area contributed by atoms with Crippen LogP contribution in [-0.4, -0.2) is 33.8 Å². The average Bonchev–Trinajstić information content (AvgIpc) is 2.86. The van der Waals surface area contributed by atoms with Crippen molar-refractivity contribution in [2.45, 2.75) is 39.0 Å². The van der Waals surface area contributed by atoms with Crippen LogP contribution in [-0.2, 0) is 6.42 Å². The molecule has 1 aliphatic heterocycles. The van der Waals surface area contributed by atoms with Crippen molar-refractivity contribution in [2.24, 2.45) is 0 Å². The summed E-state index contributed by atoms with van der Waals surface area (Å²) in [6.45, 7) is 4.06. The summed E-state index contributed by atoms with van der Waals surface area (Å²) >= 11 is 0. The summed E-state index contributed by atoms with van der Waals surface area (Å²) in [5, 5.41) is 11.7. The number of rotatable bonds is 4. The molecule has 5 nitrogen and oxygen atoms in total. The second-order valence-corrected chi connectivity index (χ2v) is 5.58. The van der Waals surface area contributed by atoms with E-state index in [1.807, 2.05) is 6.07 Å². The van der Waals surface area contributed by atoms with E-state index in [4.69, 9.17) is 0 Å². The topological polar surface area (TPSA) is 58.4 Å². The molecule has 1 fully saturated rings. The number of fused-ring (bicyclic) bond motifs is 1. The predicted octanol–water partition coefficient (Wildman–Crippen LogP) is 2.81. The maximum absolute atomic E-state index is 11.6. The number of benzene rings is 1. The third-order valence-electron chi connectivity index (χ3n) is 4.04. The number of para-hydroxylation sites is 1. The molecule has 5 heteroatoms. The van der Waals surface area contributed by atoms with E-state index in [0.717, 1.165) is 55.6 Å². The number of carboxylic acid groups (broad SMARTS) is 1. The molecule has 0 aliphatic carbocycles. The summed E-state index contributed by atoms with van der Waals surface area (Å²) in [5.74, 6) is 0.0879. The molecule has 3 rings (SSSR count). The minimum absolute atomic E-state index is 0.341. The summed E-state index contributed by atoms with van der Waals surface area (Å²) in [5.41, 5.74) is 1.87. The third-order valence-corrected chi connectivity index (χ3v) is 4.04. The molecule has 1 aliphatic rings. The van der Waals surface area contributed by atoms with E-state index in [1.165, 1.54) is 6.42 Å². The summed E-state index contributed by atoms with van der Waals surface area (Å²) < 4.78 is 2.07. The van der Waals surface area contributed by atoms with Gasteiger partial charge in [0.05, 0.1) is 11.1 Å². The first kappa shape index (κ1) is 13.9. The molecule has 0 saturated carbocycles. The molecule has 1 N–H and O–H groups in total. The van der Waals surface area contributed by atoms with Gasteiger partial charge < -0.3 is 10.1 Å². The lowest BCUT2D eigenvalue weighted by Gasteiger charge is -2.31. The van der Waals surface area contributed by atoms with Crippen molar-refractivity contribution >= 4 is 17.0 Å². The Morgan fingerprint density at radius 2 is 2.05 bits per heavy atom. The van der Waals surface area contributed by atoms with E-state index in [1.54, 1.807) is 12.1 Å². The van der Waals surface area contributed by atoms with Crippen LogP contribution >= 0.6 is 0 Å². The Balaban J connectivity index is 2.21. The molecule has 21 heavy (non-hydrogen) atoms. The van der Waals surface area contributed by atoms with Gasteiger partial charge in [0.2, 0.25) is 0 Å². The number of aromatic carboxylic acids is 1. The number of hydrogen-bond acceptors (Lipinski definition) is 3. The second kappa shape index (κ2) is 5.76. The average molecular weight is 287 g/mol. The molecule has 0 amide bonds. The Bertz CT molecular complexity index is 657. The van der Waals surface area contributed by atoms with Gasteiger partial charge in [-0.05, 0) is 37.8 Å². The first-order chi connectivity index (χ1) is 10.2. The van der Waals surface area contributed by atoms with Crippen LogP contribution in [0.4, 0.5) is 0 Å². The van der Waals surface area contributed by atoms with E-state index in [2.05, 4.69) is 21.6 Å². The molecular formula is C16H21N3O2. The highest BCUT2D eigenvalue weighted by Gasteiger charge is 2.22. The van der Waals surface area contributed by atoms with Gasteiger partial charge in [0.15, 0.2) is 0 Å². The molecule has 1 aromatic carbocycles. The molecule has 0 radical (unpaired) electrons. The van der Waals surface area contributed by atoms with Gasteiger partial charge in [-0.3, -0.25) is 0 Å². The number of aromatic nitrogens is 2. The monoisotopic (exact) mass is 287 g/mol. The molecular weight excluding hydrogens is 266 g/mol. The van der Waals surface area contributed by atoms with Gasteiger partial charge in [-0.1, -0.05) is 13.0 Å². The standard InChI is InChI=1S/C16H21N3O2/c1-2-7-14-17-13-9-6-8-12(16(20)21)15(13)19(14)18-10-4-3-5-11-18/h6,8-9H,2-5,7,10-11H2,1H3,(H,20,21). The smallest absolute Gasteiger partial charge is 0.337 e. The zero-order chi connectivity index (χ0) is 14.8. The van der Waals surface area contributed by atoms with Crippen LogP contribution in [0.2, 0.25) is 0 Å². The van der Waals surface area contributed by atoms with Crippen molar-refractivity contribution in [1.82, 2.24) is 9.66 Å². The van der Waals surface area contributed by atoms with Crippen molar-refractivity contribution in [2.75, 3.05) is 18.1 Å². The molecule has 1 saturated heterocycles. The Labute approximate surface area is 124 Å². The minimum atomic E-state index is -0.887. The number of imidazole rings is 1. The Kier molecular flexibility index (Phi) is 3.82. The Morgan fingerprint density at radius 1 is 1.29 bits per heavy atom. The van der Waals surface area contributed by atoms with E-state index < -0.39 is 5.97 Å². The lowest BCUT2D eigenvalue weighted by Crippen LogP contribution is -2.40. The van der Waals surface area contributed by atoms with Gasteiger partial charge >= 0.3 is 5.97 Å². The lowest BCUT2D eigenvalue weighted by molar-refractivity contribution is 0.0698. The van der Waals surface area contributed by atoms with Crippen molar-refractivity contribution in [1.29, 1.82) is 0 Å². The van der Waals surface area contributed by atoms with E-state index in [-0.39, 0.29) is 0 Å². The maximum Gasteiger partial charge on any atom is 0.337 e. The molecule has 2 heterocycles. The molecule has 112 valence electrons. The van der Waals surface area contributed by atoms with Gasteiger partial charge in [-0.25, -0.2) is 14.5 Å². The second-order valence-electron chi connectivity index (χ2n) is 5.58. The molecule has 0 spiro atoms. The zero-order valence-corrected chi connectivity index (χ0v) is 12.4. The number of nitrogens with zero attached hydrogens (tertiary/aromatic N) is 3. The van der Waals surface area contributed by atoms with Crippen LogP contribution in [0.3, 0.4) is 0 Å². The van der Waals surface area contributed by atoms with Crippen molar-refractivity contribution in [3.05, 3.63) is 29.6 Å². The molecule has 0 atom stereocenters. The Hall–Kier alpha value is -2.04. The summed E-state index contributed by atoms with van der Waals surface area (Å²) in [6, 6.07) is 5.35. The predicted molar refractivity (Wildman–Crippen MR) is 82.5 cm³/mol. The first-order valence-electron chi connectivity index (χ1n) is 7.71. The van der Waals surface area contributed by atoms with Gasteiger partial charge in [0.25, 0.3) is 0 Å². The SMILES string of the molecule is CCCc1nc2cccc(C(=O)O)c2n1N1CCCCC1. The van der Waals surface area contributed by atoms with Crippen LogP contribution in [0.1, 0.15) is 48.8 Å². The number of aryl methyl sites for hydroxylation is 1. The molecule has 0 unspecified atom stereocenters. The minimum Gasteiger partial charge on any atom is -0.478 e. The van der Waals surface area contributed by atoms with Gasteiger partial charge in [-0.15, -0.1) is 0 Å². The molecule has 1 aromatic heterocycles. The molecule has 2 aromatic rings. The quantitative estimate of drug-likeness (QED) is 0.939. The summed E-state index contributed by atoms with van der Waals surface area (Å²) in [7, 11) is 0. The highest BCUT2D eigenvalue weighted by atomic mass is 16.4. The normalized spacial score (nSPS) is 15.6. The third kappa shape index (κ3) is 2.48. The van der Waals surface area contributed by atoms with Gasteiger partial charge in [-0.2, -0.15) is 0 Å². The Morgan fingerprint density at radius 3 is 2.71 bits per heavy atom. The van der Waals surface area contributed by atoms with Crippen LogP contribution in [0, 0.1) is 0 Å². The largest absolute Gasteiger partial charge is 0.478 e. The van der Waals surface area contributed by atoms with Crippen LogP contribution in [0.5, 0.6) is 0 Å². The lowest BCUT2D eigenvalue weighted by atomic mass is 10.1. The number of hydrogen-bond donors (Lipinski definition) is 1. The fourth-order valence-electron chi connectivity index (χ4n) is 3.10.